The molecule has 0 radical (unpaired) electrons. The number of carbonyl (C=O) groups excluding carboxylic acids is 6. The first-order chi connectivity index (χ1) is 24.9. The molecule has 1 rings (SSSR count). The monoisotopic (exact) mass is 752 g/mol. The molecule has 22 heteroatoms. The maximum absolute atomic E-state index is 13.3. The van der Waals surface area contributed by atoms with Crippen LogP contribution in [0, 0.1) is 5.92 Å². The molecule has 0 aliphatic rings. The lowest BCUT2D eigenvalue weighted by Gasteiger charge is -2.24. The molecular weight excluding hydrogens is 700 g/mol. The number of aromatic nitrogens is 2. The fourth-order valence-corrected chi connectivity index (χ4v) is 4.50. The van der Waals surface area contributed by atoms with E-state index in [0.29, 0.717) is 12.1 Å². The average Bonchev–Trinajstić information content (AvgIpc) is 3.61. The number of carbonyl (C=O) groups is 8. The summed E-state index contributed by atoms with van der Waals surface area (Å²) in [5.74, 6) is -7.87. The Morgan fingerprint density at radius 3 is 1.98 bits per heavy atom. The molecule has 0 fully saturated rings. The molecule has 0 saturated heterocycles. The third-order valence-electron chi connectivity index (χ3n) is 7.95. The molecule has 53 heavy (non-hydrogen) atoms. The molecule has 296 valence electrons. The number of imidazole rings is 1. The Morgan fingerprint density at radius 1 is 0.811 bits per heavy atom. The summed E-state index contributed by atoms with van der Waals surface area (Å²) in [7, 11) is 0. The standard InChI is InChI=1S/C31H52N12O10/c1-5-15(2)24(32)29(51)39-16(3)25(47)43-21(11-18-12-35-14-38-18)26(48)37-13-22(44)41-20(8-9-23(45)46)28(50)42-19(7-6-10-36-31(33)34)27(49)40-17(4)30(52)53/h12,14-17,19-21,24H,5-11,13,32H2,1-4H3,(H,35,38)(H,37,48)(H,39,51)(H,40,49)(H,41,44)(H,42,50)(H,43,47)(H,45,46)(H,52,53)(H4,33,34,36)/t15-,16-,17-,19-,20-,21-,24-/m0/s1. The quantitative estimate of drug-likeness (QED) is 0.0271. The van der Waals surface area contributed by atoms with Gasteiger partial charge in [-0.1, -0.05) is 20.3 Å². The van der Waals surface area contributed by atoms with Gasteiger partial charge in [0.05, 0.1) is 18.9 Å². The van der Waals surface area contributed by atoms with Crippen LogP contribution in [0.15, 0.2) is 17.5 Å². The third-order valence-corrected chi connectivity index (χ3v) is 7.95. The Balaban J connectivity index is 3.05. The summed E-state index contributed by atoms with van der Waals surface area (Å²) in [5, 5.41) is 32.8. The van der Waals surface area contributed by atoms with Gasteiger partial charge in [-0.2, -0.15) is 0 Å². The molecule has 0 aromatic carbocycles. The molecule has 0 saturated carbocycles. The fraction of sp³-hybridized carbons (Fsp3) is 0.613. The number of rotatable bonds is 24. The molecule has 1 heterocycles. The van der Waals surface area contributed by atoms with E-state index in [0.717, 1.165) is 0 Å². The summed E-state index contributed by atoms with van der Waals surface area (Å²) in [6, 6.07) is -7.37. The van der Waals surface area contributed by atoms with Crippen molar-refractivity contribution in [1.29, 1.82) is 0 Å². The van der Waals surface area contributed by atoms with Crippen LogP contribution in [0.1, 0.15) is 65.5 Å². The number of guanidine groups is 1. The number of aliphatic imine (C=N–C) groups is 1. The SMILES string of the molecule is CC[C@H](C)[C@H](N)C(=O)N[C@@H](C)C(=O)N[C@@H](Cc1cnc[nH]1)C(=O)NCC(=O)N[C@@H](CCC(=O)O)C(=O)N[C@@H](CCCN=C(N)N)C(=O)N[C@@H](C)C(=O)O. The van der Waals surface area contributed by atoms with Crippen molar-refractivity contribution in [2.45, 2.75) is 102 Å². The van der Waals surface area contributed by atoms with Crippen molar-refractivity contribution in [3.05, 3.63) is 18.2 Å². The van der Waals surface area contributed by atoms with Crippen molar-refractivity contribution in [2.75, 3.05) is 13.1 Å². The maximum atomic E-state index is 13.3. The van der Waals surface area contributed by atoms with Gasteiger partial charge in [0.15, 0.2) is 5.96 Å². The van der Waals surface area contributed by atoms with Gasteiger partial charge >= 0.3 is 11.9 Å². The average molecular weight is 753 g/mol. The minimum absolute atomic E-state index is 0.0627. The van der Waals surface area contributed by atoms with Crippen LogP contribution in [0.2, 0.25) is 0 Å². The van der Waals surface area contributed by atoms with Crippen molar-refractivity contribution in [3.63, 3.8) is 0 Å². The fourth-order valence-electron chi connectivity index (χ4n) is 4.50. The van der Waals surface area contributed by atoms with Crippen LogP contribution in [-0.4, -0.2) is 123 Å². The first kappa shape index (κ1) is 45.2. The number of nitrogens with one attached hydrogen (secondary N) is 7. The van der Waals surface area contributed by atoms with Gasteiger partial charge in [0.2, 0.25) is 35.4 Å². The second kappa shape index (κ2) is 22.9. The van der Waals surface area contributed by atoms with Crippen LogP contribution in [0.3, 0.4) is 0 Å². The highest BCUT2D eigenvalue weighted by Gasteiger charge is 2.30. The zero-order valence-electron chi connectivity index (χ0n) is 30.1. The van der Waals surface area contributed by atoms with Crippen molar-refractivity contribution < 1.29 is 48.6 Å². The van der Waals surface area contributed by atoms with Crippen molar-refractivity contribution >= 4 is 53.3 Å². The van der Waals surface area contributed by atoms with E-state index >= 15 is 0 Å². The first-order valence-corrected chi connectivity index (χ1v) is 16.9. The van der Waals surface area contributed by atoms with Crippen LogP contribution in [0.25, 0.3) is 0 Å². The lowest BCUT2D eigenvalue weighted by atomic mass is 9.99. The van der Waals surface area contributed by atoms with Crippen molar-refractivity contribution in [3.8, 4) is 0 Å². The number of amides is 6. The topological polar surface area (TPSA) is 368 Å². The van der Waals surface area contributed by atoms with E-state index < -0.39 is 103 Å². The van der Waals surface area contributed by atoms with E-state index in [1.54, 1.807) is 6.92 Å². The molecule has 0 unspecified atom stereocenters. The Kier molecular flexibility index (Phi) is 19.5. The van der Waals surface area contributed by atoms with Gasteiger partial charge in [-0.3, -0.25) is 43.3 Å². The number of aliphatic carboxylic acids is 2. The molecule has 0 spiro atoms. The summed E-state index contributed by atoms with van der Waals surface area (Å²) in [6.07, 6.45) is 2.42. The highest BCUT2D eigenvalue weighted by molar-refractivity contribution is 5.96. The van der Waals surface area contributed by atoms with E-state index in [1.165, 1.54) is 26.4 Å². The van der Waals surface area contributed by atoms with E-state index in [-0.39, 0.29) is 37.7 Å². The van der Waals surface area contributed by atoms with Gasteiger partial charge in [0.25, 0.3) is 0 Å². The number of aromatic amines is 1. The zero-order chi connectivity index (χ0) is 40.2. The second-order valence-corrected chi connectivity index (χ2v) is 12.3. The largest absolute Gasteiger partial charge is 0.481 e. The van der Waals surface area contributed by atoms with E-state index in [9.17, 15) is 48.6 Å². The predicted octanol–water partition coefficient (Wildman–Crippen LogP) is -4.09. The molecule has 0 bridgehead atoms. The van der Waals surface area contributed by atoms with Gasteiger partial charge < -0.3 is 64.3 Å². The molecule has 7 atom stereocenters. The third kappa shape index (κ3) is 17.3. The minimum atomic E-state index is -1.51. The number of nitrogens with two attached hydrogens (primary N) is 3. The van der Waals surface area contributed by atoms with Crippen LogP contribution >= 0.6 is 0 Å². The molecule has 6 amide bonds. The van der Waals surface area contributed by atoms with Crippen molar-refractivity contribution in [1.82, 2.24) is 41.9 Å². The number of hydrogen-bond donors (Lipinski definition) is 12. The van der Waals surface area contributed by atoms with Crippen molar-refractivity contribution in [2.24, 2.45) is 28.1 Å². The number of carboxylic acids is 2. The van der Waals surface area contributed by atoms with Crippen LogP contribution in [0.4, 0.5) is 0 Å². The number of hydrogen-bond acceptors (Lipinski definition) is 11. The number of H-pyrrole nitrogens is 1. The highest BCUT2D eigenvalue weighted by Crippen LogP contribution is 2.07. The van der Waals surface area contributed by atoms with Gasteiger partial charge in [0.1, 0.15) is 30.2 Å². The first-order valence-electron chi connectivity index (χ1n) is 16.9. The normalized spacial score (nSPS) is 14.7. The van der Waals surface area contributed by atoms with Crippen LogP contribution in [0.5, 0.6) is 0 Å². The van der Waals surface area contributed by atoms with Gasteiger partial charge in [0, 0.05) is 31.3 Å². The number of carboxylic acid groups (broad SMARTS) is 2. The molecule has 15 N–H and O–H groups in total. The minimum Gasteiger partial charge on any atom is -0.481 e. The van der Waals surface area contributed by atoms with Gasteiger partial charge in [-0.15, -0.1) is 0 Å². The Labute approximate surface area is 305 Å². The Hall–Kier alpha value is -5.80. The summed E-state index contributed by atoms with van der Waals surface area (Å²) in [5.41, 5.74) is 17.0. The maximum Gasteiger partial charge on any atom is 0.325 e. The summed E-state index contributed by atoms with van der Waals surface area (Å²) >= 11 is 0. The Bertz CT molecular complexity index is 1450. The van der Waals surface area contributed by atoms with Crippen LogP contribution in [-0.2, 0) is 44.8 Å². The molecule has 1 aromatic rings. The molecule has 1 aromatic heterocycles. The summed E-state index contributed by atoms with van der Waals surface area (Å²) in [4.78, 5) is 111. The molecule has 22 nitrogen and oxygen atoms in total. The molecule has 0 aliphatic heterocycles. The smallest absolute Gasteiger partial charge is 0.325 e. The highest BCUT2D eigenvalue weighted by atomic mass is 16.4. The van der Waals surface area contributed by atoms with E-state index in [4.69, 9.17) is 17.2 Å². The molecule has 0 aliphatic carbocycles. The summed E-state index contributed by atoms with van der Waals surface area (Å²) in [6.45, 7) is 5.61. The predicted molar refractivity (Wildman–Crippen MR) is 188 cm³/mol. The number of nitrogens with zero attached hydrogens (tertiary/aromatic N) is 2. The van der Waals surface area contributed by atoms with E-state index in [2.05, 4.69) is 46.9 Å². The lowest BCUT2D eigenvalue weighted by molar-refractivity contribution is -0.141. The van der Waals surface area contributed by atoms with Gasteiger partial charge in [-0.05, 0) is 39.0 Å². The molecular formula is C31H52N12O10. The van der Waals surface area contributed by atoms with Gasteiger partial charge in [-0.25, -0.2) is 4.98 Å². The van der Waals surface area contributed by atoms with Crippen LogP contribution < -0.4 is 49.1 Å². The summed E-state index contributed by atoms with van der Waals surface area (Å²) < 4.78 is 0. The zero-order valence-corrected chi connectivity index (χ0v) is 30.1. The lowest BCUT2D eigenvalue weighted by Crippen LogP contribution is -2.57. The van der Waals surface area contributed by atoms with E-state index in [1.807, 2.05) is 6.92 Å². The Morgan fingerprint density at radius 2 is 1.42 bits per heavy atom. The second-order valence-electron chi connectivity index (χ2n) is 12.3.